The maximum atomic E-state index is 13.0. The molecule has 0 spiro atoms. The smallest absolute Gasteiger partial charge is 0.251 e. The molecule has 0 aliphatic carbocycles. The first-order valence-electron chi connectivity index (χ1n) is 5.89. The van der Waals surface area contributed by atoms with E-state index >= 15 is 0 Å². The molecule has 1 amide bonds. The van der Waals surface area contributed by atoms with Crippen LogP contribution >= 0.6 is 11.6 Å². The molecule has 3 nitrogen and oxygen atoms in total. The van der Waals surface area contributed by atoms with Crippen LogP contribution in [0.4, 0.5) is 4.39 Å². The third kappa shape index (κ3) is 3.65. The fourth-order valence-electron chi connectivity index (χ4n) is 1.66. The highest BCUT2D eigenvalue weighted by atomic mass is 35.5. The molecule has 0 unspecified atom stereocenters. The topological polar surface area (TPSA) is 46.2 Å². The zero-order valence-corrected chi connectivity index (χ0v) is 11.2. The second-order valence-corrected chi connectivity index (χ2v) is 4.56. The maximum Gasteiger partial charge on any atom is 0.251 e. The highest BCUT2D eigenvalue weighted by Gasteiger charge is 2.10. The SMILES string of the molecule is O=C(CNC(=O)c1cccc(F)c1)c1cccc(Cl)c1. The highest BCUT2D eigenvalue weighted by Crippen LogP contribution is 2.11. The summed E-state index contributed by atoms with van der Waals surface area (Å²) in [5, 5.41) is 2.90. The molecule has 0 radical (unpaired) electrons. The summed E-state index contributed by atoms with van der Waals surface area (Å²) in [6.07, 6.45) is 0. The van der Waals surface area contributed by atoms with E-state index in [1.165, 1.54) is 24.3 Å². The van der Waals surface area contributed by atoms with Gasteiger partial charge >= 0.3 is 0 Å². The lowest BCUT2D eigenvalue weighted by Gasteiger charge is -2.05. The van der Waals surface area contributed by atoms with Crippen molar-refractivity contribution in [2.24, 2.45) is 0 Å². The van der Waals surface area contributed by atoms with Gasteiger partial charge in [-0.15, -0.1) is 0 Å². The number of ketones is 1. The van der Waals surface area contributed by atoms with Crippen LogP contribution in [0.3, 0.4) is 0 Å². The third-order valence-corrected chi connectivity index (χ3v) is 2.88. The molecule has 0 saturated carbocycles. The Bertz CT molecular complexity index is 600. The number of carbonyl (C=O) groups is 2. The van der Waals surface area contributed by atoms with E-state index in [1.54, 1.807) is 18.2 Å². The summed E-state index contributed by atoms with van der Waals surface area (Å²) in [7, 11) is 0. The molecule has 0 atom stereocenters. The summed E-state index contributed by atoms with van der Waals surface area (Å²) in [5.74, 6) is -1.27. The average Bonchev–Trinajstić information content (AvgIpc) is 2.44. The van der Waals surface area contributed by atoms with Crippen LogP contribution < -0.4 is 5.32 Å². The van der Waals surface area contributed by atoms with Gasteiger partial charge in [0.05, 0.1) is 6.54 Å². The Morgan fingerprint density at radius 1 is 1.05 bits per heavy atom. The minimum Gasteiger partial charge on any atom is -0.345 e. The first-order chi connectivity index (χ1) is 9.56. The van der Waals surface area contributed by atoms with Crippen molar-refractivity contribution in [2.75, 3.05) is 6.54 Å². The Kier molecular flexibility index (Phi) is 4.48. The first-order valence-corrected chi connectivity index (χ1v) is 6.26. The van der Waals surface area contributed by atoms with Crippen LogP contribution in [0.2, 0.25) is 5.02 Å². The molecule has 102 valence electrons. The molecule has 0 fully saturated rings. The lowest BCUT2D eigenvalue weighted by atomic mass is 10.1. The molecule has 0 saturated heterocycles. The molecule has 1 N–H and O–H groups in total. The van der Waals surface area contributed by atoms with E-state index in [2.05, 4.69) is 5.32 Å². The standard InChI is InChI=1S/C15H11ClFNO2/c16-12-5-1-3-10(7-12)14(19)9-18-15(20)11-4-2-6-13(17)8-11/h1-8H,9H2,(H,18,20). The van der Waals surface area contributed by atoms with E-state index in [-0.39, 0.29) is 17.9 Å². The number of halogens is 2. The molecule has 0 bridgehead atoms. The summed E-state index contributed by atoms with van der Waals surface area (Å²) >= 11 is 5.78. The van der Waals surface area contributed by atoms with Crippen molar-refractivity contribution >= 4 is 23.3 Å². The van der Waals surface area contributed by atoms with E-state index in [0.29, 0.717) is 10.6 Å². The number of hydrogen-bond acceptors (Lipinski definition) is 2. The number of benzene rings is 2. The van der Waals surface area contributed by atoms with Crippen LogP contribution in [0.15, 0.2) is 48.5 Å². The van der Waals surface area contributed by atoms with Gasteiger partial charge in [-0.25, -0.2) is 4.39 Å². The van der Waals surface area contributed by atoms with E-state index in [1.807, 2.05) is 0 Å². The van der Waals surface area contributed by atoms with Crippen molar-refractivity contribution in [1.29, 1.82) is 0 Å². The van der Waals surface area contributed by atoms with Gasteiger partial charge in [-0.2, -0.15) is 0 Å². The van der Waals surface area contributed by atoms with Crippen molar-refractivity contribution in [3.63, 3.8) is 0 Å². The summed E-state index contributed by atoms with van der Waals surface area (Å²) in [5.41, 5.74) is 0.584. The van der Waals surface area contributed by atoms with Gasteiger partial charge in [-0.3, -0.25) is 9.59 Å². The molecular formula is C15H11ClFNO2. The normalized spacial score (nSPS) is 10.1. The summed E-state index contributed by atoms with van der Waals surface area (Å²) in [6.45, 7) is -0.171. The Morgan fingerprint density at radius 3 is 2.45 bits per heavy atom. The molecule has 5 heteroatoms. The largest absolute Gasteiger partial charge is 0.345 e. The zero-order valence-electron chi connectivity index (χ0n) is 10.4. The second kappa shape index (κ2) is 6.30. The lowest BCUT2D eigenvalue weighted by molar-refractivity contribution is 0.0904. The van der Waals surface area contributed by atoms with E-state index in [4.69, 9.17) is 11.6 Å². The molecule has 2 rings (SSSR count). The number of amides is 1. The predicted octanol–water partition coefficient (Wildman–Crippen LogP) is 3.09. The van der Waals surface area contributed by atoms with Crippen molar-refractivity contribution in [3.8, 4) is 0 Å². The monoisotopic (exact) mass is 291 g/mol. The highest BCUT2D eigenvalue weighted by molar-refractivity contribution is 6.31. The Balaban J connectivity index is 1.98. The Hall–Kier alpha value is -2.20. The van der Waals surface area contributed by atoms with Gasteiger partial charge in [-0.1, -0.05) is 29.8 Å². The van der Waals surface area contributed by atoms with E-state index < -0.39 is 11.7 Å². The Morgan fingerprint density at radius 2 is 1.75 bits per heavy atom. The van der Waals surface area contributed by atoms with Crippen LogP contribution in [-0.2, 0) is 0 Å². The number of hydrogen-bond donors (Lipinski definition) is 1. The van der Waals surface area contributed by atoms with Gasteiger partial charge in [0.25, 0.3) is 5.91 Å². The van der Waals surface area contributed by atoms with Crippen LogP contribution in [0.5, 0.6) is 0 Å². The van der Waals surface area contributed by atoms with Crippen molar-refractivity contribution < 1.29 is 14.0 Å². The summed E-state index contributed by atoms with van der Waals surface area (Å²) in [4.78, 5) is 23.6. The number of carbonyl (C=O) groups excluding carboxylic acids is 2. The van der Waals surface area contributed by atoms with Crippen LogP contribution in [0.1, 0.15) is 20.7 Å². The van der Waals surface area contributed by atoms with Gasteiger partial charge in [0, 0.05) is 16.1 Å². The summed E-state index contributed by atoms with van der Waals surface area (Å²) in [6, 6.07) is 11.7. The molecular weight excluding hydrogens is 281 g/mol. The first kappa shape index (κ1) is 14.2. The Labute approximate surface area is 120 Å². The minimum atomic E-state index is -0.501. The molecule has 2 aromatic rings. The van der Waals surface area contributed by atoms with Crippen molar-refractivity contribution in [1.82, 2.24) is 5.32 Å². The van der Waals surface area contributed by atoms with Gasteiger partial charge < -0.3 is 5.32 Å². The van der Waals surface area contributed by atoms with Crippen molar-refractivity contribution in [2.45, 2.75) is 0 Å². The average molecular weight is 292 g/mol. The van der Waals surface area contributed by atoms with Gasteiger partial charge in [0.2, 0.25) is 0 Å². The molecule has 0 aromatic heterocycles. The number of nitrogens with one attached hydrogen (secondary N) is 1. The van der Waals surface area contributed by atoms with E-state index in [9.17, 15) is 14.0 Å². The van der Waals surface area contributed by atoms with Gasteiger partial charge in [0.1, 0.15) is 5.82 Å². The molecule has 0 aliphatic heterocycles. The van der Waals surface area contributed by atoms with E-state index in [0.717, 1.165) is 6.07 Å². The van der Waals surface area contributed by atoms with Gasteiger partial charge in [0.15, 0.2) is 5.78 Å². The quantitative estimate of drug-likeness (QED) is 0.880. The van der Waals surface area contributed by atoms with Crippen molar-refractivity contribution in [3.05, 3.63) is 70.5 Å². The number of rotatable bonds is 4. The molecule has 0 heterocycles. The maximum absolute atomic E-state index is 13.0. The molecule has 2 aromatic carbocycles. The fourth-order valence-corrected chi connectivity index (χ4v) is 1.85. The minimum absolute atomic E-state index is 0.170. The second-order valence-electron chi connectivity index (χ2n) is 4.13. The molecule has 0 aliphatic rings. The number of Topliss-reactive ketones (excluding diaryl/α,β-unsaturated/α-hetero) is 1. The molecule has 20 heavy (non-hydrogen) atoms. The lowest BCUT2D eigenvalue weighted by Crippen LogP contribution is -2.29. The predicted molar refractivity (Wildman–Crippen MR) is 74.5 cm³/mol. The fraction of sp³-hybridized carbons (Fsp3) is 0.0667. The zero-order chi connectivity index (χ0) is 14.5. The van der Waals surface area contributed by atoms with Crippen LogP contribution in [0, 0.1) is 5.82 Å². The van der Waals surface area contributed by atoms with Crippen LogP contribution in [-0.4, -0.2) is 18.2 Å². The summed E-state index contributed by atoms with van der Waals surface area (Å²) < 4.78 is 13.0. The third-order valence-electron chi connectivity index (χ3n) is 2.64. The van der Waals surface area contributed by atoms with Crippen LogP contribution in [0.25, 0.3) is 0 Å². The van der Waals surface area contributed by atoms with Gasteiger partial charge in [-0.05, 0) is 30.3 Å².